The monoisotopic (exact) mass is 375 g/mol. The molecule has 2 aromatic heterocycles. The van der Waals surface area contributed by atoms with E-state index in [0.717, 1.165) is 25.2 Å². The van der Waals surface area contributed by atoms with E-state index in [1.54, 1.807) is 25.1 Å². The molecular formula is C18H25N5O4. The number of hydrogen-bond donors (Lipinski definition) is 1. The SMILES string of the molecule is COCCn1ccnc1[C@H]1CCCN(C(=O)Cn2cc(C)c(=O)[nH]c2=O)C1. The highest BCUT2D eigenvalue weighted by Gasteiger charge is 2.27. The molecule has 3 heterocycles. The molecular weight excluding hydrogens is 350 g/mol. The summed E-state index contributed by atoms with van der Waals surface area (Å²) in [4.78, 5) is 44.6. The van der Waals surface area contributed by atoms with Crippen LogP contribution in [0.15, 0.2) is 28.2 Å². The number of hydrogen-bond acceptors (Lipinski definition) is 5. The van der Waals surface area contributed by atoms with Gasteiger partial charge in [0.1, 0.15) is 12.4 Å². The van der Waals surface area contributed by atoms with E-state index in [2.05, 4.69) is 14.5 Å². The number of aromatic amines is 1. The van der Waals surface area contributed by atoms with Crippen LogP contribution in [0.4, 0.5) is 0 Å². The van der Waals surface area contributed by atoms with Crippen LogP contribution in [0, 0.1) is 6.92 Å². The normalized spacial score (nSPS) is 17.3. The third-order valence-corrected chi connectivity index (χ3v) is 4.92. The highest BCUT2D eigenvalue weighted by atomic mass is 16.5. The first kappa shape index (κ1) is 19.1. The van der Waals surface area contributed by atoms with Crippen molar-refractivity contribution in [3.05, 3.63) is 50.8 Å². The molecule has 146 valence electrons. The zero-order valence-electron chi connectivity index (χ0n) is 15.7. The summed E-state index contributed by atoms with van der Waals surface area (Å²) >= 11 is 0. The molecule has 1 atom stereocenters. The van der Waals surface area contributed by atoms with Gasteiger partial charge in [0.2, 0.25) is 5.91 Å². The molecule has 9 heteroatoms. The zero-order valence-corrected chi connectivity index (χ0v) is 15.7. The summed E-state index contributed by atoms with van der Waals surface area (Å²) < 4.78 is 8.46. The standard InChI is InChI=1S/C18H25N5O4/c1-13-10-23(18(26)20-17(13)25)12-15(24)22-6-3-4-14(11-22)16-19-5-7-21(16)8-9-27-2/h5,7,10,14H,3-4,6,8-9,11-12H2,1-2H3,(H,20,25,26)/t14-/m0/s1. The minimum absolute atomic E-state index is 0.0821. The number of piperidine rings is 1. The number of ether oxygens (including phenoxy) is 1. The fraction of sp³-hybridized carbons (Fsp3) is 0.556. The number of amides is 1. The summed E-state index contributed by atoms with van der Waals surface area (Å²) in [5.41, 5.74) is -0.591. The zero-order chi connectivity index (χ0) is 19.4. The minimum atomic E-state index is -0.567. The van der Waals surface area contributed by atoms with Gasteiger partial charge in [-0.2, -0.15) is 0 Å². The molecule has 0 bridgehead atoms. The van der Waals surface area contributed by atoms with Crippen molar-refractivity contribution in [1.29, 1.82) is 0 Å². The molecule has 27 heavy (non-hydrogen) atoms. The largest absolute Gasteiger partial charge is 0.383 e. The summed E-state index contributed by atoms with van der Waals surface area (Å²) in [5.74, 6) is 0.980. The smallest absolute Gasteiger partial charge is 0.328 e. The molecule has 1 amide bonds. The van der Waals surface area contributed by atoms with Crippen LogP contribution >= 0.6 is 0 Å². The van der Waals surface area contributed by atoms with Crippen LogP contribution in [0.2, 0.25) is 0 Å². The molecule has 0 radical (unpaired) electrons. The number of carbonyl (C=O) groups is 1. The third-order valence-electron chi connectivity index (χ3n) is 4.92. The van der Waals surface area contributed by atoms with E-state index in [-0.39, 0.29) is 18.4 Å². The Kier molecular flexibility index (Phi) is 5.90. The second-order valence-corrected chi connectivity index (χ2v) is 6.85. The summed E-state index contributed by atoms with van der Waals surface area (Å²) in [6.07, 6.45) is 6.97. The van der Waals surface area contributed by atoms with Crippen LogP contribution in [0.3, 0.4) is 0 Å². The quantitative estimate of drug-likeness (QED) is 0.771. The summed E-state index contributed by atoms with van der Waals surface area (Å²) in [7, 11) is 1.66. The Morgan fingerprint density at radius 2 is 2.19 bits per heavy atom. The predicted octanol–water partition coefficient (Wildman–Crippen LogP) is 0.0941. The maximum absolute atomic E-state index is 12.7. The van der Waals surface area contributed by atoms with Gasteiger partial charge in [0, 0.05) is 56.8 Å². The molecule has 3 rings (SSSR count). The number of nitrogens with zero attached hydrogens (tertiary/aromatic N) is 4. The Morgan fingerprint density at radius 1 is 1.37 bits per heavy atom. The number of nitrogens with one attached hydrogen (secondary N) is 1. The molecule has 0 unspecified atom stereocenters. The van der Waals surface area contributed by atoms with E-state index in [4.69, 9.17) is 4.74 Å². The average molecular weight is 375 g/mol. The predicted molar refractivity (Wildman–Crippen MR) is 98.7 cm³/mol. The number of aromatic nitrogens is 4. The minimum Gasteiger partial charge on any atom is -0.383 e. The number of carbonyl (C=O) groups excluding carboxylic acids is 1. The van der Waals surface area contributed by atoms with Gasteiger partial charge in [-0.15, -0.1) is 0 Å². The fourth-order valence-electron chi connectivity index (χ4n) is 3.46. The van der Waals surface area contributed by atoms with E-state index >= 15 is 0 Å². The van der Waals surface area contributed by atoms with Crippen molar-refractivity contribution in [2.24, 2.45) is 0 Å². The van der Waals surface area contributed by atoms with Gasteiger partial charge in [0.25, 0.3) is 5.56 Å². The van der Waals surface area contributed by atoms with Gasteiger partial charge in [-0.05, 0) is 19.8 Å². The lowest BCUT2D eigenvalue weighted by Gasteiger charge is -2.33. The fourth-order valence-corrected chi connectivity index (χ4v) is 3.46. The van der Waals surface area contributed by atoms with E-state index in [0.29, 0.717) is 25.3 Å². The number of methoxy groups -OCH3 is 1. The van der Waals surface area contributed by atoms with Gasteiger partial charge in [0.15, 0.2) is 0 Å². The van der Waals surface area contributed by atoms with Crippen molar-refractivity contribution in [1.82, 2.24) is 24.0 Å². The maximum atomic E-state index is 12.7. The van der Waals surface area contributed by atoms with Crippen molar-refractivity contribution >= 4 is 5.91 Å². The Bertz CT molecular complexity index is 913. The van der Waals surface area contributed by atoms with Gasteiger partial charge in [-0.1, -0.05) is 0 Å². The van der Waals surface area contributed by atoms with Crippen LogP contribution in [-0.4, -0.2) is 56.7 Å². The molecule has 9 nitrogen and oxygen atoms in total. The third kappa shape index (κ3) is 4.36. The summed E-state index contributed by atoms with van der Waals surface area (Å²) in [6.45, 7) is 4.08. The summed E-state index contributed by atoms with van der Waals surface area (Å²) in [5, 5.41) is 0. The van der Waals surface area contributed by atoms with Crippen LogP contribution in [-0.2, 0) is 22.6 Å². The number of imidazole rings is 1. The van der Waals surface area contributed by atoms with Crippen molar-refractivity contribution in [2.75, 3.05) is 26.8 Å². The summed E-state index contributed by atoms with van der Waals surface area (Å²) in [6, 6.07) is 0. The van der Waals surface area contributed by atoms with E-state index in [9.17, 15) is 14.4 Å². The van der Waals surface area contributed by atoms with Crippen LogP contribution in [0.5, 0.6) is 0 Å². The Labute approximate surface area is 156 Å². The number of rotatable bonds is 6. The molecule has 1 aliphatic heterocycles. The molecule has 1 N–H and O–H groups in total. The molecule has 1 saturated heterocycles. The first-order valence-electron chi connectivity index (χ1n) is 9.07. The highest BCUT2D eigenvalue weighted by molar-refractivity contribution is 5.76. The Hall–Kier alpha value is -2.68. The molecule has 2 aromatic rings. The molecule has 0 spiro atoms. The van der Waals surface area contributed by atoms with Crippen LogP contribution in [0.1, 0.15) is 30.1 Å². The lowest BCUT2D eigenvalue weighted by Crippen LogP contribution is -2.43. The van der Waals surface area contributed by atoms with Crippen molar-refractivity contribution < 1.29 is 9.53 Å². The van der Waals surface area contributed by atoms with E-state index in [1.165, 1.54) is 10.8 Å². The number of H-pyrrole nitrogens is 1. The molecule has 0 aliphatic carbocycles. The first-order chi connectivity index (χ1) is 13.0. The lowest BCUT2D eigenvalue weighted by molar-refractivity contribution is -0.133. The second-order valence-electron chi connectivity index (χ2n) is 6.85. The highest BCUT2D eigenvalue weighted by Crippen LogP contribution is 2.26. The molecule has 1 fully saturated rings. The van der Waals surface area contributed by atoms with Gasteiger partial charge in [-0.3, -0.25) is 19.1 Å². The van der Waals surface area contributed by atoms with Gasteiger partial charge < -0.3 is 14.2 Å². The lowest BCUT2D eigenvalue weighted by atomic mass is 9.97. The van der Waals surface area contributed by atoms with Crippen molar-refractivity contribution in [3.63, 3.8) is 0 Å². The van der Waals surface area contributed by atoms with E-state index in [1.807, 2.05) is 6.20 Å². The second kappa shape index (κ2) is 8.34. The van der Waals surface area contributed by atoms with Gasteiger partial charge in [0.05, 0.1) is 6.61 Å². The first-order valence-corrected chi connectivity index (χ1v) is 9.07. The Balaban J connectivity index is 1.70. The molecule has 0 aromatic carbocycles. The van der Waals surface area contributed by atoms with Gasteiger partial charge >= 0.3 is 5.69 Å². The number of aryl methyl sites for hydroxylation is 1. The van der Waals surface area contributed by atoms with Crippen LogP contribution in [0.25, 0.3) is 0 Å². The maximum Gasteiger partial charge on any atom is 0.328 e. The topological polar surface area (TPSA) is 102 Å². The molecule has 0 saturated carbocycles. The van der Waals surface area contributed by atoms with Crippen molar-refractivity contribution in [2.45, 2.75) is 38.8 Å². The van der Waals surface area contributed by atoms with Gasteiger partial charge in [-0.25, -0.2) is 9.78 Å². The van der Waals surface area contributed by atoms with E-state index < -0.39 is 11.2 Å². The molecule has 1 aliphatic rings. The average Bonchev–Trinajstić information content (AvgIpc) is 3.13. The van der Waals surface area contributed by atoms with Crippen LogP contribution < -0.4 is 11.2 Å². The van der Waals surface area contributed by atoms with Crippen molar-refractivity contribution in [3.8, 4) is 0 Å². The Morgan fingerprint density at radius 3 is 2.96 bits per heavy atom. The number of likely N-dealkylation sites (tertiary alicyclic amines) is 1.